The number of hydrogen-bond acceptors (Lipinski definition) is 9. The molecule has 9 nitrogen and oxygen atoms in total. The Bertz CT molecular complexity index is 1500. The normalized spacial score (nSPS) is 12.6. The third-order valence-electron chi connectivity index (χ3n) is 5.96. The highest BCUT2D eigenvalue weighted by molar-refractivity contribution is 7.92. The Morgan fingerprint density at radius 3 is 2.54 bits per heavy atom. The number of hydrogen-bond donors (Lipinski definition) is 1. The third-order valence-corrected chi connectivity index (χ3v) is 8.19. The number of halogens is 1. The summed E-state index contributed by atoms with van der Waals surface area (Å²) in [6.07, 6.45) is 1.99. The van der Waals surface area contributed by atoms with E-state index in [0.29, 0.717) is 42.2 Å². The van der Waals surface area contributed by atoms with Crippen molar-refractivity contribution in [1.29, 1.82) is 0 Å². The molecular formula is C26H30FN5O4S. The van der Waals surface area contributed by atoms with Crippen molar-refractivity contribution in [2.75, 3.05) is 20.8 Å². The highest BCUT2D eigenvalue weighted by atomic mass is 32.2. The second-order valence-electron chi connectivity index (χ2n) is 8.61. The maximum Gasteiger partial charge on any atom is 0.268 e. The molecule has 4 rings (SSSR count). The zero-order valence-electron chi connectivity index (χ0n) is 21.0. The predicted octanol–water partition coefficient (Wildman–Crippen LogP) is 4.47. The SMILES string of the molecule is CNCc1ccc(-c2nnc(-c3nc(-c4ccc(S(=O)(=O)C(C)CCOC)cc4)cnc3C)o2)c(F)c1.[HH]. The monoisotopic (exact) mass is 527 g/mol. The van der Waals surface area contributed by atoms with E-state index in [2.05, 4.69) is 25.5 Å². The summed E-state index contributed by atoms with van der Waals surface area (Å²) < 4.78 is 51.0. The maximum atomic E-state index is 14.6. The molecule has 0 spiro atoms. The number of aryl methyl sites for hydroxylation is 1. The largest absolute Gasteiger partial charge is 0.414 e. The van der Waals surface area contributed by atoms with E-state index in [1.807, 2.05) is 0 Å². The molecule has 0 saturated heterocycles. The lowest BCUT2D eigenvalue weighted by atomic mass is 10.1. The summed E-state index contributed by atoms with van der Waals surface area (Å²) in [5.74, 6) is -0.329. The van der Waals surface area contributed by atoms with Crippen LogP contribution in [0.15, 0.2) is 58.0 Å². The Hall–Kier alpha value is -3.54. The molecule has 0 radical (unpaired) electrons. The quantitative estimate of drug-likeness (QED) is 0.318. The Morgan fingerprint density at radius 1 is 1.14 bits per heavy atom. The molecule has 2 heterocycles. The molecule has 37 heavy (non-hydrogen) atoms. The molecule has 0 saturated carbocycles. The van der Waals surface area contributed by atoms with Crippen LogP contribution in [-0.4, -0.2) is 54.6 Å². The van der Waals surface area contributed by atoms with Crippen LogP contribution in [0.5, 0.6) is 0 Å². The molecule has 0 aliphatic heterocycles. The van der Waals surface area contributed by atoms with E-state index >= 15 is 0 Å². The predicted molar refractivity (Wildman–Crippen MR) is 139 cm³/mol. The van der Waals surface area contributed by atoms with Gasteiger partial charge in [-0.1, -0.05) is 18.2 Å². The van der Waals surface area contributed by atoms with Gasteiger partial charge in [0.2, 0.25) is 0 Å². The molecule has 2 aromatic carbocycles. The van der Waals surface area contributed by atoms with Crippen molar-refractivity contribution >= 4 is 9.84 Å². The van der Waals surface area contributed by atoms with Crippen molar-refractivity contribution < 1.29 is 23.4 Å². The van der Waals surface area contributed by atoms with Crippen LogP contribution in [0.4, 0.5) is 4.39 Å². The second-order valence-corrected chi connectivity index (χ2v) is 11.0. The first kappa shape index (κ1) is 26.5. The van der Waals surface area contributed by atoms with Crippen molar-refractivity contribution in [2.45, 2.75) is 37.0 Å². The molecule has 1 N–H and O–H groups in total. The van der Waals surface area contributed by atoms with E-state index in [1.54, 1.807) is 70.6 Å². The fourth-order valence-corrected chi connectivity index (χ4v) is 5.14. The van der Waals surface area contributed by atoms with Crippen LogP contribution in [0.25, 0.3) is 34.3 Å². The van der Waals surface area contributed by atoms with Crippen LogP contribution in [0.2, 0.25) is 0 Å². The molecule has 0 bridgehead atoms. The van der Waals surface area contributed by atoms with E-state index in [-0.39, 0.29) is 23.7 Å². The Balaban J connectivity index is 0.00000400. The maximum absolute atomic E-state index is 14.6. The van der Waals surface area contributed by atoms with Crippen molar-refractivity contribution in [1.82, 2.24) is 25.5 Å². The average Bonchev–Trinajstić information content (AvgIpc) is 3.37. The topological polar surface area (TPSA) is 120 Å². The summed E-state index contributed by atoms with van der Waals surface area (Å²) in [6, 6.07) is 11.3. The Labute approximate surface area is 216 Å². The van der Waals surface area contributed by atoms with E-state index in [4.69, 9.17) is 9.15 Å². The van der Waals surface area contributed by atoms with E-state index in [0.717, 1.165) is 5.56 Å². The summed E-state index contributed by atoms with van der Waals surface area (Å²) in [5.41, 5.74) is 3.06. The van der Waals surface area contributed by atoms with Gasteiger partial charge in [-0.05, 0) is 57.1 Å². The number of benzene rings is 2. The zero-order valence-corrected chi connectivity index (χ0v) is 21.8. The molecule has 1 atom stereocenters. The Kier molecular flexibility index (Phi) is 8.06. The van der Waals surface area contributed by atoms with E-state index in [1.165, 1.54) is 6.07 Å². The van der Waals surface area contributed by atoms with Gasteiger partial charge in [-0.2, -0.15) is 0 Å². The van der Waals surface area contributed by atoms with Gasteiger partial charge in [0.25, 0.3) is 11.8 Å². The van der Waals surface area contributed by atoms with Crippen molar-refractivity contribution in [3.63, 3.8) is 0 Å². The molecule has 0 aliphatic rings. The highest BCUT2D eigenvalue weighted by Crippen LogP contribution is 2.29. The zero-order chi connectivity index (χ0) is 26.6. The molecule has 2 aromatic heterocycles. The number of ether oxygens (including phenoxy) is 1. The molecular weight excluding hydrogens is 497 g/mol. The first-order chi connectivity index (χ1) is 17.7. The van der Waals surface area contributed by atoms with Gasteiger partial charge in [0.15, 0.2) is 9.84 Å². The van der Waals surface area contributed by atoms with Gasteiger partial charge in [-0.15, -0.1) is 10.2 Å². The lowest BCUT2D eigenvalue weighted by Gasteiger charge is -2.13. The smallest absolute Gasteiger partial charge is 0.268 e. The van der Waals surface area contributed by atoms with Gasteiger partial charge in [0, 0.05) is 27.3 Å². The summed E-state index contributed by atoms with van der Waals surface area (Å²) >= 11 is 0. The number of aromatic nitrogens is 4. The van der Waals surface area contributed by atoms with Crippen molar-refractivity contribution in [3.05, 3.63) is 65.7 Å². The van der Waals surface area contributed by atoms with Gasteiger partial charge in [-0.3, -0.25) is 4.98 Å². The molecule has 4 aromatic rings. The van der Waals surface area contributed by atoms with Crippen LogP contribution < -0.4 is 5.32 Å². The summed E-state index contributed by atoms with van der Waals surface area (Å²) in [5, 5.41) is 10.5. The highest BCUT2D eigenvalue weighted by Gasteiger charge is 2.23. The lowest BCUT2D eigenvalue weighted by molar-refractivity contribution is 0.194. The number of nitrogens with zero attached hydrogens (tertiary/aromatic N) is 4. The number of methoxy groups -OCH3 is 1. The standard InChI is InChI=1S/C26H28FN5O4S.H2/c1-16(11-12-35-4)37(33,34)20-8-6-19(7-9-20)23-15-29-17(2)24(30-23)26-32-31-25(36-26)21-10-5-18(14-28-3)13-22(21)27;/h5-10,13,15-16,28H,11-12,14H2,1-4H3;1H. The van der Waals surface area contributed by atoms with Crippen LogP contribution in [0.1, 0.15) is 26.0 Å². The summed E-state index contributed by atoms with van der Waals surface area (Å²) in [7, 11) is -0.156. The average molecular weight is 528 g/mol. The lowest BCUT2D eigenvalue weighted by Crippen LogP contribution is -2.19. The first-order valence-electron chi connectivity index (χ1n) is 11.7. The van der Waals surface area contributed by atoms with Crippen molar-refractivity contribution in [3.8, 4) is 34.3 Å². The third kappa shape index (κ3) is 5.74. The van der Waals surface area contributed by atoms with Crippen LogP contribution in [0.3, 0.4) is 0 Å². The van der Waals surface area contributed by atoms with Gasteiger partial charge < -0.3 is 14.5 Å². The van der Waals surface area contributed by atoms with Crippen LogP contribution in [-0.2, 0) is 21.1 Å². The molecule has 1 unspecified atom stereocenters. The molecule has 0 amide bonds. The van der Waals surface area contributed by atoms with Gasteiger partial charge in [0.1, 0.15) is 11.5 Å². The van der Waals surface area contributed by atoms with Gasteiger partial charge in [0.05, 0.1) is 33.3 Å². The number of rotatable bonds is 10. The molecule has 0 aliphatic carbocycles. The van der Waals surface area contributed by atoms with Crippen molar-refractivity contribution in [2.24, 2.45) is 0 Å². The molecule has 11 heteroatoms. The minimum absolute atomic E-state index is 0. The second kappa shape index (κ2) is 11.2. The summed E-state index contributed by atoms with van der Waals surface area (Å²) in [4.78, 5) is 9.24. The van der Waals surface area contributed by atoms with Crippen LogP contribution in [0, 0.1) is 12.7 Å². The number of sulfone groups is 1. The number of nitrogens with one attached hydrogen (secondary N) is 1. The fraction of sp³-hybridized carbons (Fsp3) is 0.308. The van der Waals surface area contributed by atoms with E-state index < -0.39 is 20.9 Å². The fourth-order valence-electron chi connectivity index (χ4n) is 3.75. The molecule has 0 fully saturated rings. The minimum Gasteiger partial charge on any atom is -0.414 e. The summed E-state index contributed by atoms with van der Waals surface area (Å²) in [6.45, 7) is 4.32. The Morgan fingerprint density at radius 2 is 1.86 bits per heavy atom. The molecule has 196 valence electrons. The van der Waals surface area contributed by atoms with Gasteiger partial charge in [-0.25, -0.2) is 17.8 Å². The van der Waals surface area contributed by atoms with E-state index in [9.17, 15) is 12.8 Å². The minimum atomic E-state index is -3.48. The van der Waals surface area contributed by atoms with Crippen LogP contribution >= 0.6 is 0 Å². The van der Waals surface area contributed by atoms with Gasteiger partial charge >= 0.3 is 0 Å². The first-order valence-corrected chi connectivity index (χ1v) is 13.2.